The molecule has 1 aromatic carbocycles. The van der Waals surface area contributed by atoms with Crippen molar-refractivity contribution in [1.82, 2.24) is 9.80 Å². The van der Waals surface area contributed by atoms with Gasteiger partial charge in [-0.05, 0) is 31.9 Å². The Morgan fingerprint density at radius 2 is 2.05 bits per heavy atom. The number of amides is 2. The maximum absolute atomic E-state index is 13.7. The summed E-state index contributed by atoms with van der Waals surface area (Å²) in [6.07, 6.45) is 1.40. The number of carbonyl (C=O) groups is 2. The van der Waals surface area contributed by atoms with Crippen LogP contribution in [0.15, 0.2) is 12.1 Å². The minimum atomic E-state index is -0.506. The van der Waals surface area contributed by atoms with Crippen LogP contribution >= 0.6 is 0 Å². The van der Waals surface area contributed by atoms with Gasteiger partial charge in [-0.2, -0.15) is 0 Å². The molecule has 114 valence electrons. The fourth-order valence-electron chi connectivity index (χ4n) is 2.55. The molecular formula is C15H20FN3O2. The van der Waals surface area contributed by atoms with Crippen LogP contribution in [0.5, 0.6) is 0 Å². The fourth-order valence-corrected chi connectivity index (χ4v) is 2.55. The zero-order valence-electron chi connectivity index (χ0n) is 12.5. The molecule has 1 unspecified atom stereocenters. The number of halogens is 1. The van der Waals surface area contributed by atoms with E-state index in [0.717, 1.165) is 6.42 Å². The van der Waals surface area contributed by atoms with Crippen molar-refractivity contribution in [3.05, 3.63) is 29.1 Å². The molecule has 1 aliphatic rings. The van der Waals surface area contributed by atoms with Gasteiger partial charge in [0.15, 0.2) is 0 Å². The number of hydrogen-bond acceptors (Lipinski definition) is 3. The Morgan fingerprint density at radius 1 is 1.38 bits per heavy atom. The highest BCUT2D eigenvalue weighted by atomic mass is 19.1. The highest BCUT2D eigenvalue weighted by molar-refractivity contribution is 5.98. The molecule has 5 nitrogen and oxygen atoms in total. The highest BCUT2D eigenvalue weighted by Gasteiger charge is 2.35. The Morgan fingerprint density at radius 3 is 2.62 bits per heavy atom. The zero-order chi connectivity index (χ0) is 15.7. The summed E-state index contributed by atoms with van der Waals surface area (Å²) in [6, 6.07) is 2.18. The monoisotopic (exact) mass is 293 g/mol. The van der Waals surface area contributed by atoms with Gasteiger partial charge >= 0.3 is 0 Å². The third kappa shape index (κ3) is 2.84. The van der Waals surface area contributed by atoms with Gasteiger partial charge < -0.3 is 15.5 Å². The molecule has 0 saturated carbocycles. The van der Waals surface area contributed by atoms with Crippen LogP contribution in [0, 0.1) is 12.7 Å². The fraction of sp³-hybridized carbons (Fsp3) is 0.467. The number of anilines is 1. The second-order valence-corrected chi connectivity index (χ2v) is 5.56. The van der Waals surface area contributed by atoms with Gasteiger partial charge in [0.25, 0.3) is 5.91 Å². The van der Waals surface area contributed by atoms with E-state index < -0.39 is 11.9 Å². The number of likely N-dealkylation sites (tertiary alicyclic amines) is 1. The van der Waals surface area contributed by atoms with Crippen molar-refractivity contribution in [1.29, 1.82) is 0 Å². The summed E-state index contributed by atoms with van der Waals surface area (Å²) in [5.41, 5.74) is 6.47. The highest BCUT2D eigenvalue weighted by Crippen LogP contribution is 2.24. The third-order valence-electron chi connectivity index (χ3n) is 3.87. The predicted octanol–water partition coefficient (Wildman–Crippen LogP) is 1.41. The lowest BCUT2D eigenvalue weighted by Gasteiger charge is -2.26. The summed E-state index contributed by atoms with van der Waals surface area (Å²) >= 11 is 0. The first kappa shape index (κ1) is 15.3. The van der Waals surface area contributed by atoms with Gasteiger partial charge in [-0.3, -0.25) is 9.59 Å². The number of rotatable bonds is 2. The predicted molar refractivity (Wildman–Crippen MR) is 78.3 cm³/mol. The Bertz CT molecular complexity index is 563. The lowest BCUT2D eigenvalue weighted by atomic mass is 10.1. The SMILES string of the molecule is Cc1c(N)cc(C(=O)N2CCCC2C(=O)N(C)C)cc1F. The van der Waals surface area contributed by atoms with Gasteiger partial charge in [0.05, 0.1) is 0 Å². The molecule has 0 aliphatic carbocycles. The van der Waals surface area contributed by atoms with Gasteiger partial charge in [-0.15, -0.1) is 0 Å². The number of nitrogens with zero attached hydrogens (tertiary/aromatic N) is 2. The van der Waals surface area contributed by atoms with Gasteiger partial charge in [0.2, 0.25) is 5.91 Å². The van der Waals surface area contributed by atoms with Crippen molar-refractivity contribution in [2.75, 3.05) is 26.4 Å². The van der Waals surface area contributed by atoms with Crippen LogP contribution in [0.1, 0.15) is 28.8 Å². The number of carbonyl (C=O) groups excluding carboxylic acids is 2. The van der Waals surface area contributed by atoms with E-state index >= 15 is 0 Å². The van der Waals surface area contributed by atoms with Gasteiger partial charge in [-0.25, -0.2) is 4.39 Å². The Balaban J connectivity index is 2.29. The lowest BCUT2D eigenvalue weighted by Crippen LogP contribution is -2.45. The summed E-state index contributed by atoms with van der Waals surface area (Å²) in [5.74, 6) is -0.965. The smallest absolute Gasteiger partial charge is 0.254 e. The van der Waals surface area contributed by atoms with Crippen LogP contribution < -0.4 is 5.73 Å². The van der Waals surface area contributed by atoms with Crippen LogP contribution in [0.25, 0.3) is 0 Å². The standard InChI is InChI=1S/C15H20FN3O2/c1-9-11(16)7-10(8-12(9)17)14(20)19-6-4-5-13(19)15(21)18(2)3/h7-8,13H,4-6,17H2,1-3H3. The lowest BCUT2D eigenvalue weighted by molar-refractivity contribution is -0.132. The topological polar surface area (TPSA) is 66.6 Å². The molecule has 0 aromatic heterocycles. The third-order valence-corrected chi connectivity index (χ3v) is 3.87. The van der Waals surface area contributed by atoms with Crippen molar-refractivity contribution in [2.45, 2.75) is 25.8 Å². The number of nitrogens with two attached hydrogens (primary N) is 1. The molecule has 2 N–H and O–H groups in total. The maximum Gasteiger partial charge on any atom is 0.254 e. The number of likely N-dealkylation sites (N-methyl/N-ethyl adjacent to an activating group) is 1. The van der Waals surface area contributed by atoms with Crippen LogP contribution in [0.2, 0.25) is 0 Å². The molecule has 2 amide bonds. The Hall–Kier alpha value is -2.11. The summed E-state index contributed by atoms with van der Waals surface area (Å²) in [6.45, 7) is 2.06. The van der Waals surface area contributed by atoms with E-state index in [1.54, 1.807) is 21.0 Å². The molecule has 0 spiro atoms. The number of benzene rings is 1. The van der Waals surface area contributed by atoms with Gasteiger partial charge in [0, 0.05) is 37.5 Å². The quantitative estimate of drug-likeness (QED) is 0.838. The van der Waals surface area contributed by atoms with E-state index in [9.17, 15) is 14.0 Å². The van der Waals surface area contributed by atoms with Crippen molar-refractivity contribution in [3.63, 3.8) is 0 Å². The van der Waals surface area contributed by atoms with Crippen LogP contribution in [0.4, 0.5) is 10.1 Å². The van der Waals surface area contributed by atoms with E-state index in [1.165, 1.54) is 21.9 Å². The maximum atomic E-state index is 13.7. The molecular weight excluding hydrogens is 273 g/mol. The molecule has 1 heterocycles. The van der Waals surface area contributed by atoms with Crippen LogP contribution in [0.3, 0.4) is 0 Å². The minimum Gasteiger partial charge on any atom is -0.398 e. The van der Waals surface area contributed by atoms with E-state index in [4.69, 9.17) is 5.73 Å². The Kier molecular flexibility index (Phi) is 4.16. The molecule has 1 aliphatic heterocycles. The average molecular weight is 293 g/mol. The normalized spacial score (nSPS) is 17.9. The van der Waals surface area contributed by atoms with E-state index in [1.807, 2.05) is 0 Å². The summed E-state index contributed by atoms with van der Waals surface area (Å²) in [5, 5.41) is 0. The first-order valence-electron chi connectivity index (χ1n) is 6.90. The molecule has 0 radical (unpaired) electrons. The Labute approximate surface area is 123 Å². The first-order valence-corrected chi connectivity index (χ1v) is 6.90. The summed E-state index contributed by atoms with van der Waals surface area (Å²) in [4.78, 5) is 27.6. The summed E-state index contributed by atoms with van der Waals surface area (Å²) < 4.78 is 13.7. The van der Waals surface area contributed by atoms with Gasteiger partial charge in [-0.1, -0.05) is 0 Å². The van der Waals surface area contributed by atoms with Gasteiger partial charge in [0.1, 0.15) is 11.9 Å². The molecule has 2 rings (SSSR count). The largest absolute Gasteiger partial charge is 0.398 e. The van der Waals surface area contributed by atoms with Crippen molar-refractivity contribution in [3.8, 4) is 0 Å². The summed E-state index contributed by atoms with van der Waals surface area (Å²) in [7, 11) is 3.32. The van der Waals surface area contributed by atoms with Crippen LogP contribution in [-0.2, 0) is 4.79 Å². The van der Waals surface area contributed by atoms with Crippen molar-refractivity contribution in [2.24, 2.45) is 0 Å². The van der Waals surface area contributed by atoms with E-state index in [-0.39, 0.29) is 23.1 Å². The molecule has 1 aromatic rings. The minimum absolute atomic E-state index is 0.110. The molecule has 0 bridgehead atoms. The van der Waals surface area contributed by atoms with Crippen molar-refractivity contribution >= 4 is 17.5 Å². The molecule has 21 heavy (non-hydrogen) atoms. The molecule has 1 fully saturated rings. The number of hydrogen-bond donors (Lipinski definition) is 1. The molecule has 1 saturated heterocycles. The second-order valence-electron chi connectivity index (χ2n) is 5.56. The zero-order valence-corrected chi connectivity index (χ0v) is 12.5. The molecule has 6 heteroatoms. The van der Waals surface area contributed by atoms with E-state index in [2.05, 4.69) is 0 Å². The number of nitrogen functional groups attached to an aromatic ring is 1. The van der Waals surface area contributed by atoms with Crippen molar-refractivity contribution < 1.29 is 14.0 Å². The van der Waals surface area contributed by atoms with E-state index in [0.29, 0.717) is 18.5 Å². The molecule has 1 atom stereocenters. The second kappa shape index (κ2) is 5.71. The average Bonchev–Trinajstić information content (AvgIpc) is 2.91. The first-order chi connectivity index (χ1) is 9.82. The van der Waals surface area contributed by atoms with Crippen LogP contribution in [-0.4, -0.2) is 48.3 Å².